The Balaban J connectivity index is 1.55. The van der Waals surface area contributed by atoms with E-state index in [-0.39, 0.29) is 0 Å². The first kappa shape index (κ1) is 15.9. The summed E-state index contributed by atoms with van der Waals surface area (Å²) in [5.74, 6) is 0.864. The summed E-state index contributed by atoms with van der Waals surface area (Å²) in [5, 5.41) is 14.3. The molecule has 0 unspecified atom stereocenters. The second kappa shape index (κ2) is 6.74. The molecule has 25 heavy (non-hydrogen) atoms. The van der Waals surface area contributed by atoms with Crippen LogP contribution in [0.3, 0.4) is 0 Å². The van der Waals surface area contributed by atoms with E-state index in [0.717, 1.165) is 27.9 Å². The third-order valence-electron chi connectivity index (χ3n) is 4.06. The first-order valence-corrected chi connectivity index (χ1v) is 9.01. The van der Waals surface area contributed by atoms with Gasteiger partial charge in [0.1, 0.15) is 5.01 Å². The fourth-order valence-corrected chi connectivity index (χ4v) is 3.62. The maximum Gasteiger partial charge on any atom is 0.235 e. The maximum absolute atomic E-state index is 4.72. The molecule has 4 aromatic rings. The molecular formula is C19H19N5S. The Labute approximate surface area is 150 Å². The average Bonchev–Trinajstić information content (AvgIpc) is 3.18. The van der Waals surface area contributed by atoms with Crippen molar-refractivity contribution in [3.63, 3.8) is 0 Å². The van der Waals surface area contributed by atoms with Crippen molar-refractivity contribution < 1.29 is 0 Å². The summed E-state index contributed by atoms with van der Waals surface area (Å²) in [7, 11) is 2.08. The van der Waals surface area contributed by atoms with Gasteiger partial charge in [-0.25, -0.2) is 0 Å². The Hall–Kier alpha value is -2.57. The highest BCUT2D eigenvalue weighted by molar-refractivity contribution is 7.19. The Kier molecular flexibility index (Phi) is 4.29. The van der Waals surface area contributed by atoms with Crippen LogP contribution in [0.4, 0.5) is 0 Å². The zero-order chi connectivity index (χ0) is 17.2. The minimum Gasteiger partial charge on any atom is -0.295 e. The first-order chi connectivity index (χ1) is 12.2. The number of hydrogen-bond acceptors (Lipinski definition) is 5. The van der Waals surface area contributed by atoms with Crippen molar-refractivity contribution in [3.8, 4) is 10.6 Å². The minimum atomic E-state index is 0.702. The Bertz CT molecular complexity index is 972. The van der Waals surface area contributed by atoms with Gasteiger partial charge < -0.3 is 0 Å². The minimum absolute atomic E-state index is 0.702. The monoisotopic (exact) mass is 349 g/mol. The van der Waals surface area contributed by atoms with Crippen molar-refractivity contribution in [2.75, 3.05) is 7.05 Å². The lowest BCUT2D eigenvalue weighted by molar-refractivity contribution is 0.308. The summed E-state index contributed by atoms with van der Waals surface area (Å²) in [6, 6.07) is 18.8. The van der Waals surface area contributed by atoms with E-state index in [1.165, 1.54) is 11.1 Å². The van der Waals surface area contributed by atoms with Crippen molar-refractivity contribution in [2.45, 2.75) is 20.0 Å². The smallest absolute Gasteiger partial charge is 0.235 e. The number of hydrogen-bond donors (Lipinski definition) is 0. The lowest BCUT2D eigenvalue weighted by atomic mass is 10.2. The highest BCUT2D eigenvalue weighted by Crippen LogP contribution is 2.25. The van der Waals surface area contributed by atoms with Gasteiger partial charge in [0, 0.05) is 12.1 Å². The molecule has 0 atom stereocenters. The molecule has 0 amide bonds. The molecule has 126 valence electrons. The Morgan fingerprint density at radius 1 is 0.960 bits per heavy atom. The zero-order valence-electron chi connectivity index (χ0n) is 14.3. The third-order valence-corrected chi connectivity index (χ3v) is 5.01. The summed E-state index contributed by atoms with van der Waals surface area (Å²) < 4.78 is 1.86. The van der Waals surface area contributed by atoms with Crippen LogP contribution in [-0.4, -0.2) is 31.8 Å². The number of rotatable bonds is 5. The van der Waals surface area contributed by atoms with Gasteiger partial charge in [-0.1, -0.05) is 71.5 Å². The highest BCUT2D eigenvalue weighted by Gasteiger charge is 2.14. The van der Waals surface area contributed by atoms with Crippen LogP contribution in [0.25, 0.3) is 15.5 Å². The van der Waals surface area contributed by atoms with Crippen molar-refractivity contribution >= 4 is 16.3 Å². The van der Waals surface area contributed by atoms with E-state index >= 15 is 0 Å². The molecule has 0 aliphatic carbocycles. The molecule has 0 radical (unpaired) electrons. The van der Waals surface area contributed by atoms with Crippen LogP contribution in [0.1, 0.15) is 17.0 Å². The fourth-order valence-electron chi connectivity index (χ4n) is 2.76. The molecule has 0 aliphatic rings. The van der Waals surface area contributed by atoms with E-state index in [1.807, 2.05) is 10.6 Å². The van der Waals surface area contributed by atoms with Gasteiger partial charge in [0.05, 0.1) is 6.54 Å². The van der Waals surface area contributed by atoms with Crippen molar-refractivity contribution in [1.82, 2.24) is 24.7 Å². The van der Waals surface area contributed by atoms with Gasteiger partial charge in [-0.3, -0.25) is 4.90 Å². The normalized spacial score (nSPS) is 11.5. The predicted molar refractivity (Wildman–Crippen MR) is 100 cm³/mol. The van der Waals surface area contributed by atoms with Gasteiger partial charge in [-0.2, -0.15) is 9.61 Å². The molecule has 0 N–H and O–H groups in total. The summed E-state index contributed by atoms with van der Waals surface area (Å²) in [5.41, 5.74) is 3.64. The molecule has 2 aromatic carbocycles. The van der Waals surface area contributed by atoms with Gasteiger partial charge in [0.25, 0.3) is 0 Å². The van der Waals surface area contributed by atoms with Crippen LogP contribution in [0.15, 0.2) is 54.6 Å². The summed E-state index contributed by atoms with van der Waals surface area (Å²) in [6.45, 7) is 3.65. The summed E-state index contributed by atoms with van der Waals surface area (Å²) >= 11 is 1.57. The Morgan fingerprint density at radius 2 is 1.72 bits per heavy atom. The van der Waals surface area contributed by atoms with Crippen molar-refractivity contribution in [1.29, 1.82) is 0 Å². The molecule has 5 nitrogen and oxygen atoms in total. The summed E-state index contributed by atoms with van der Waals surface area (Å²) in [6.07, 6.45) is 0. The average molecular weight is 349 g/mol. The molecule has 0 saturated carbocycles. The topological polar surface area (TPSA) is 46.3 Å². The van der Waals surface area contributed by atoms with Crippen molar-refractivity contribution in [2.24, 2.45) is 0 Å². The van der Waals surface area contributed by atoms with Gasteiger partial charge in [-0.15, -0.1) is 10.2 Å². The third kappa shape index (κ3) is 3.45. The van der Waals surface area contributed by atoms with Crippen molar-refractivity contribution in [3.05, 3.63) is 71.5 Å². The molecule has 6 heteroatoms. The lowest BCUT2D eigenvalue weighted by Crippen LogP contribution is -2.19. The van der Waals surface area contributed by atoms with Gasteiger partial charge in [0.15, 0.2) is 5.82 Å². The first-order valence-electron chi connectivity index (χ1n) is 8.20. The number of aromatic nitrogens is 4. The number of fused-ring (bicyclic) bond motifs is 1. The van der Waals surface area contributed by atoms with E-state index in [2.05, 4.69) is 77.6 Å². The number of benzene rings is 2. The van der Waals surface area contributed by atoms with Crippen LogP contribution in [0.5, 0.6) is 0 Å². The molecule has 2 aromatic heterocycles. The van der Waals surface area contributed by atoms with Crippen LogP contribution < -0.4 is 0 Å². The van der Waals surface area contributed by atoms with E-state index < -0.39 is 0 Å². The SMILES string of the molecule is Cc1ccc(-c2nn3c(CN(C)Cc4ccccc4)nnc3s2)cc1. The predicted octanol–water partition coefficient (Wildman–Crippen LogP) is 3.79. The molecule has 0 aliphatic heterocycles. The fraction of sp³-hybridized carbons (Fsp3) is 0.211. The Morgan fingerprint density at radius 3 is 2.48 bits per heavy atom. The van der Waals surface area contributed by atoms with Gasteiger partial charge >= 0.3 is 0 Å². The molecule has 4 rings (SSSR count). The molecular weight excluding hydrogens is 330 g/mol. The van der Waals surface area contributed by atoms with Crippen LogP contribution in [0.2, 0.25) is 0 Å². The van der Waals surface area contributed by atoms with E-state index in [9.17, 15) is 0 Å². The van der Waals surface area contributed by atoms with E-state index in [4.69, 9.17) is 5.10 Å². The molecule has 0 saturated heterocycles. The standard InChI is InChI=1S/C19H19N5S/c1-14-8-10-16(11-9-14)18-22-24-17(20-21-19(24)25-18)13-23(2)12-15-6-4-3-5-7-15/h3-11H,12-13H2,1-2H3. The highest BCUT2D eigenvalue weighted by atomic mass is 32.1. The second-order valence-corrected chi connectivity index (χ2v) is 7.20. The lowest BCUT2D eigenvalue weighted by Gasteiger charge is -2.14. The maximum atomic E-state index is 4.72. The quantitative estimate of drug-likeness (QED) is 0.550. The molecule has 0 bridgehead atoms. The molecule has 2 heterocycles. The molecule has 0 fully saturated rings. The largest absolute Gasteiger partial charge is 0.295 e. The summed E-state index contributed by atoms with van der Waals surface area (Å²) in [4.78, 5) is 3.05. The van der Waals surface area contributed by atoms with Crippen LogP contribution in [-0.2, 0) is 13.1 Å². The molecule has 0 spiro atoms. The van der Waals surface area contributed by atoms with Crippen LogP contribution in [0, 0.1) is 6.92 Å². The number of nitrogens with zero attached hydrogens (tertiary/aromatic N) is 5. The van der Waals surface area contributed by atoms with E-state index in [1.54, 1.807) is 11.3 Å². The van der Waals surface area contributed by atoms with E-state index in [0.29, 0.717) is 6.54 Å². The zero-order valence-corrected chi connectivity index (χ0v) is 15.1. The van der Waals surface area contributed by atoms with Crippen LogP contribution >= 0.6 is 11.3 Å². The number of aryl methyl sites for hydroxylation is 1. The second-order valence-electron chi connectivity index (χ2n) is 6.24. The van der Waals surface area contributed by atoms with Gasteiger partial charge in [-0.05, 0) is 19.5 Å². The van der Waals surface area contributed by atoms with Gasteiger partial charge in [0.2, 0.25) is 4.96 Å².